The second-order valence-corrected chi connectivity index (χ2v) is 6.74. The Hall–Kier alpha value is -2.52. The summed E-state index contributed by atoms with van der Waals surface area (Å²) in [5.41, 5.74) is 1.58. The molecule has 0 aromatic heterocycles. The molecular weight excluding hydrogens is 364 g/mol. The second kappa shape index (κ2) is 5.84. The molecule has 0 aliphatic heterocycles. The third-order valence-corrected chi connectivity index (χ3v) is 5.07. The zero-order chi connectivity index (χ0) is 16.7. The number of phenols is 2. The number of hydrogen-bond acceptors (Lipinski definition) is 2. The molecule has 0 fully saturated rings. The molecule has 0 aliphatic carbocycles. The summed E-state index contributed by atoms with van der Waals surface area (Å²) in [6.07, 6.45) is 0.464. The molecule has 2 nitrogen and oxygen atoms in total. The van der Waals surface area contributed by atoms with Gasteiger partial charge in [0.25, 0.3) is 0 Å². The number of aromatic hydroxyl groups is 2. The van der Waals surface area contributed by atoms with Gasteiger partial charge in [0.05, 0.1) is 0 Å². The summed E-state index contributed by atoms with van der Waals surface area (Å²) in [6.45, 7) is 0. The molecule has 2 N–H and O–H groups in total. The highest BCUT2D eigenvalue weighted by atomic mass is 79.9. The van der Waals surface area contributed by atoms with Gasteiger partial charge < -0.3 is 10.2 Å². The summed E-state index contributed by atoms with van der Waals surface area (Å²) in [7, 11) is 0. The third kappa shape index (κ3) is 2.42. The first-order chi connectivity index (χ1) is 11.6. The smallest absolute Gasteiger partial charge is 0.127 e. The standard InChI is InChI=1S/C21H15BrO2/c22-19-12-15(21(24)18-8-4-3-7-17(18)19)11-14-10-9-13-5-1-2-6-16(13)20(14)23/h1-10,12,23-24H,11H2. The molecule has 0 atom stereocenters. The molecule has 0 bridgehead atoms. The highest BCUT2D eigenvalue weighted by molar-refractivity contribution is 9.10. The van der Waals surface area contributed by atoms with Crippen molar-refractivity contribution in [3.8, 4) is 11.5 Å². The van der Waals surface area contributed by atoms with Gasteiger partial charge in [-0.3, -0.25) is 0 Å². The largest absolute Gasteiger partial charge is 0.507 e. The van der Waals surface area contributed by atoms with Crippen molar-refractivity contribution < 1.29 is 10.2 Å². The van der Waals surface area contributed by atoms with Crippen LogP contribution in [0.1, 0.15) is 11.1 Å². The molecule has 4 aromatic rings. The van der Waals surface area contributed by atoms with E-state index < -0.39 is 0 Å². The number of benzene rings is 4. The van der Waals surface area contributed by atoms with Gasteiger partial charge in [-0.15, -0.1) is 0 Å². The minimum absolute atomic E-state index is 0.265. The lowest BCUT2D eigenvalue weighted by Gasteiger charge is -2.12. The molecule has 4 aromatic carbocycles. The van der Waals surface area contributed by atoms with Crippen LogP contribution in [0.5, 0.6) is 11.5 Å². The van der Waals surface area contributed by atoms with Crippen LogP contribution in [-0.4, -0.2) is 10.2 Å². The van der Waals surface area contributed by atoms with E-state index in [9.17, 15) is 10.2 Å². The number of rotatable bonds is 2. The first-order valence-electron chi connectivity index (χ1n) is 7.74. The number of hydrogen-bond donors (Lipinski definition) is 2. The second-order valence-electron chi connectivity index (χ2n) is 5.88. The van der Waals surface area contributed by atoms with E-state index in [1.165, 1.54) is 0 Å². The van der Waals surface area contributed by atoms with Crippen LogP contribution in [0, 0.1) is 0 Å². The molecule has 0 saturated heterocycles. The Morgan fingerprint density at radius 2 is 1.29 bits per heavy atom. The maximum atomic E-state index is 10.6. The Morgan fingerprint density at radius 1 is 0.667 bits per heavy atom. The molecule has 3 heteroatoms. The fraction of sp³-hybridized carbons (Fsp3) is 0.0476. The fourth-order valence-corrected chi connectivity index (χ4v) is 3.77. The average molecular weight is 379 g/mol. The summed E-state index contributed by atoms with van der Waals surface area (Å²) in [5.74, 6) is 0.540. The molecule has 118 valence electrons. The lowest BCUT2D eigenvalue weighted by molar-refractivity contribution is 0.469. The minimum Gasteiger partial charge on any atom is -0.507 e. The zero-order valence-electron chi connectivity index (χ0n) is 12.8. The van der Waals surface area contributed by atoms with E-state index in [0.717, 1.165) is 37.1 Å². The first kappa shape index (κ1) is 15.0. The van der Waals surface area contributed by atoms with Gasteiger partial charge in [0, 0.05) is 27.2 Å². The summed E-state index contributed by atoms with van der Waals surface area (Å²) >= 11 is 3.58. The van der Waals surface area contributed by atoms with Gasteiger partial charge in [-0.25, -0.2) is 0 Å². The predicted molar refractivity (Wildman–Crippen MR) is 102 cm³/mol. The van der Waals surface area contributed by atoms with Crippen LogP contribution in [0.2, 0.25) is 0 Å². The number of halogens is 1. The summed E-state index contributed by atoms with van der Waals surface area (Å²) < 4.78 is 0.936. The van der Waals surface area contributed by atoms with E-state index in [4.69, 9.17) is 0 Å². The quantitative estimate of drug-likeness (QED) is 0.465. The van der Waals surface area contributed by atoms with Gasteiger partial charge in [0.1, 0.15) is 11.5 Å². The van der Waals surface area contributed by atoms with Gasteiger partial charge in [-0.1, -0.05) is 76.6 Å². The zero-order valence-corrected chi connectivity index (χ0v) is 14.4. The van der Waals surface area contributed by atoms with Crippen molar-refractivity contribution in [3.63, 3.8) is 0 Å². The molecule has 0 saturated carbocycles. The van der Waals surface area contributed by atoms with E-state index in [1.807, 2.05) is 66.7 Å². The van der Waals surface area contributed by atoms with Gasteiger partial charge >= 0.3 is 0 Å². The predicted octanol–water partition coefficient (Wildman–Crippen LogP) is 5.76. The Kier molecular flexibility index (Phi) is 3.66. The van der Waals surface area contributed by atoms with Crippen molar-refractivity contribution in [3.05, 3.63) is 82.3 Å². The van der Waals surface area contributed by atoms with Gasteiger partial charge in [0.2, 0.25) is 0 Å². The van der Waals surface area contributed by atoms with Crippen molar-refractivity contribution in [2.75, 3.05) is 0 Å². The van der Waals surface area contributed by atoms with E-state index in [-0.39, 0.29) is 11.5 Å². The number of phenolic OH excluding ortho intramolecular Hbond substituents is 2. The van der Waals surface area contributed by atoms with Gasteiger partial charge in [-0.2, -0.15) is 0 Å². The topological polar surface area (TPSA) is 40.5 Å². The molecule has 0 heterocycles. The Labute approximate surface area is 148 Å². The average Bonchev–Trinajstić information content (AvgIpc) is 2.62. The van der Waals surface area contributed by atoms with E-state index >= 15 is 0 Å². The third-order valence-electron chi connectivity index (χ3n) is 4.41. The molecule has 0 unspecified atom stereocenters. The minimum atomic E-state index is 0.265. The Bertz CT molecular complexity index is 1070. The van der Waals surface area contributed by atoms with Gasteiger partial charge in [0.15, 0.2) is 0 Å². The Balaban J connectivity index is 1.85. The highest BCUT2D eigenvalue weighted by Gasteiger charge is 2.13. The molecule has 0 aliphatic rings. The number of fused-ring (bicyclic) bond motifs is 2. The van der Waals surface area contributed by atoms with Crippen LogP contribution in [0.4, 0.5) is 0 Å². The van der Waals surface area contributed by atoms with Crippen LogP contribution in [0.25, 0.3) is 21.5 Å². The molecular formula is C21H15BrO2. The fourth-order valence-electron chi connectivity index (χ4n) is 3.15. The molecule has 0 spiro atoms. The van der Waals surface area contributed by atoms with Crippen LogP contribution in [0.3, 0.4) is 0 Å². The van der Waals surface area contributed by atoms with E-state index in [0.29, 0.717) is 6.42 Å². The van der Waals surface area contributed by atoms with Crippen molar-refractivity contribution in [1.29, 1.82) is 0 Å². The SMILES string of the molecule is Oc1c(Cc2cc(Br)c3ccccc3c2O)ccc2ccccc12. The van der Waals surface area contributed by atoms with Crippen LogP contribution >= 0.6 is 15.9 Å². The summed E-state index contributed by atoms with van der Waals surface area (Å²) in [4.78, 5) is 0. The maximum absolute atomic E-state index is 10.6. The molecule has 0 amide bonds. The molecule has 0 radical (unpaired) electrons. The lowest BCUT2D eigenvalue weighted by atomic mass is 9.97. The highest BCUT2D eigenvalue weighted by Crippen LogP contribution is 2.37. The van der Waals surface area contributed by atoms with Crippen molar-refractivity contribution >= 4 is 37.5 Å². The maximum Gasteiger partial charge on any atom is 0.127 e. The van der Waals surface area contributed by atoms with E-state index in [1.54, 1.807) is 0 Å². The van der Waals surface area contributed by atoms with Crippen molar-refractivity contribution in [2.24, 2.45) is 0 Å². The van der Waals surface area contributed by atoms with Crippen LogP contribution in [0.15, 0.2) is 71.2 Å². The van der Waals surface area contributed by atoms with Crippen LogP contribution < -0.4 is 0 Å². The molecule has 4 rings (SSSR count). The normalized spacial score (nSPS) is 11.2. The van der Waals surface area contributed by atoms with Crippen molar-refractivity contribution in [1.82, 2.24) is 0 Å². The first-order valence-corrected chi connectivity index (χ1v) is 8.53. The van der Waals surface area contributed by atoms with Gasteiger partial charge in [-0.05, 0) is 22.4 Å². The lowest BCUT2D eigenvalue weighted by Crippen LogP contribution is -1.92. The summed E-state index contributed by atoms with van der Waals surface area (Å²) in [5, 5.41) is 24.8. The van der Waals surface area contributed by atoms with Crippen molar-refractivity contribution in [2.45, 2.75) is 6.42 Å². The summed E-state index contributed by atoms with van der Waals surface area (Å²) in [6, 6.07) is 21.3. The van der Waals surface area contributed by atoms with Crippen LogP contribution in [-0.2, 0) is 6.42 Å². The van der Waals surface area contributed by atoms with E-state index in [2.05, 4.69) is 15.9 Å². The molecule has 24 heavy (non-hydrogen) atoms. The Morgan fingerprint density at radius 3 is 2.08 bits per heavy atom. The monoisotopic (exact) mass is 378 g/mol.